The van der Waals surface area contributed by atoms with Gasteiger partial charge in [0.1, 0.15) is 0 Å². The van der Waals surface area contributed by atoms with Crippen molar-refractivity contribution in [2.75, 3.05) is 7.11 Å². The standard InChI is InChI=1S/C9H12N2O2.ClH/c1-13-9(12)4-8-3-2-7(5-10)6-11-8;/h2-3,6H,4-5,10H2,1H3;1H. The van der Waals surface area contributed by atoms with Crippen LogP contribution in [0.15, 0.2) is 18.3 Å². The van der Waals surface area contributed by atoms with Crippen LogP contribution in [-0.2, 0) is 22.5 Å². The van der Waals surface area contributed by atoms with Gasteiger partial charge in [0.25, 0.3) is 0 Å². The van der Waals surface area contributed by atoms with Crippen molar-refractivity contribution >= 4 is 18.4 Å². The van der Waals surface area contributed by atoms with Crippen LogP contribution < -0.4 is 5.73 Å². The lowest BCUT2D eigenvalue weighted by molar-refractivity contribution is -0.139. The van der Waals surface area contributed by atoms with Crippen molar-refractivity contribution in [2.24, 2.45) is 5.73 Å². The van der Waals surface area contributed by atoms with Gasteiger partial charge in [0.05, 0.1) is 19.2 Å². The Morgan fingerprint density at radius 2 is 2.29 bits per heavy atom. The largest absolute Gasteiger partial charge is 0.469 e. The third kappa shape index (κ3) is 3.72. The lowest BCUT2D eigenvalue weighted by atomic mass is 10.2. The maximum Gasteiger partial charge on any atom is 0.311 e. The van der Waals surface area contributed by atoms with Crippen LogP contribution in [0.2, 0.25) is 0 Å². The summed E-state index contributed by atoms with van der Waals surface area (Å²) in [5.41, 5.74) is 7.05. The van der Waals surface area contributed by atoms with Crippen LogP contribution >= 0.6 is 12.4 Å². The van der Waals surface area contributed by atoms with E-state index in [2.05, 4.69) is 9.72 Å². The number of methoxy groups -OCH3 is 1. The number of nitrogens with two attached hydrogens (primary N) is 1. The topological polar surface area (TPSA) is 65.2 Å². The van der Waals surface area contributed by atoms with Crippen LogP contribution in [0, 0.1) is 0 Å². The minimum absolute atomic E-state index is 0. The molecule has 0 saturated heterocycles. The van der Waals surface area contributed by atoms with Gasteiger partial charge in [-0.2, -0.15) is 0 Å². The number of nitrogens with zero attached hydrogens (tertiary/aromatic N) is 1. The summed E-state index contributed by atoms with van der Waals surface area (Å²) in [5, 5.41) is 0. The van der Waals surface area contributed by atoms with E-state index < -0.39 is 0 Å². The summed E-state index contributed by atoms with van der Waals surface area (Å²) in [6, 6.07) is 3.63. The van der Waals surface area contributed by atoms with Crippen molar-refractivity contribution in [1.29, 1.82) is 0 Å². The zero-order chi connectivity index (χ0) is 9.68. The fraction of sp³-hybridized carbons (Fsp3) is 0.333. The third-order valence-corrected chi connectivity index (χ3v) is 1.67. The Morgan fingerprint density at radius 1 is 1.57 bits per heavy atom. The number of ether oxygens (including phenoxy) is 1. The van der Waals surface area contributed by atoms with E-state index in [0.29, 0.717) is 12.2 Å². The fourth-order valence-corrected chi connectivity index (χ4v) is 0.900. The molecular weight excluding hydrogens is 204 g/mol. The second-order valence-corrected chi connectivity index (χ2v) is 2.61. The van der Waals surface area contributed by atoms with Crippen molar-refractivity contribution in [1.82, 2.24) is 4.98 Å². The third-order valence-electron chi connectivity index (χ3n) is 1.67. The molecule has 78 valence electrons. The highest BCUT2D eigenvalue weighted by molar-refractivity contribution is 5.85. The molecule has 0 aliphatic carbocycles. The van der Waals surface area contributed by atoms with Gasteiger partial charge in [-0.25, -0.2) is 0 Å². The molecule has 0 unspecified atom stereocenters. The molecule has 0 aliphatic rings. The molecule has 0 fully saturated rings. The van der Waals surface area contributed by atoms with Crippen LogP contribution in [0.5, 0.6) is 0 Å². The molecule has 0 saturated carbocycles. The normalized spacial score (nSPS) is 9.00. The smallest absolute Gasteiger partial charge is 0.311 e. The number of pyridine rings is 1. The molecular formula is C9H13ClN2O2. The summed E-state index contributed by atoms with van der Waals surface area (Å²) >= 11 is 0. The average Bonchev–Trinajstić information content (AvgIpc) is 2.19. The van der Waals surface area contributed by atoms with Gasteiger partial charge >= 0.3 is 5.97 Å². The highest BCUT2D eigenvalue weighted by Crippen LogP contribution is 2.00. The first-order valence-corrected chi connectivity index (χ1v) is 3.97. The number of carbonyl (C=O) groups is 1. The quantitative estimate of drug-likeness (QED) is 0.755. The number of rotatable bonds is 3. The molecule has 5 heteroatoms. The van der Waals surface area contributed by atoms with Crippen LogP contribution in [0.25, 0.3) is 0 Å². The van der Waals surface area contributed by atoms with Crippen LogP contribution in [0.4, 0.5) is 0 Å². The van der Waals surface area contributed by atoms with E-state index >= 15 is 0 Å². The van der Waals surface area contributed by atoms with Crippen molar-refractivity contribution < 1.29 is 9.53 Å². The van der Waals surface area contributed by atoms with Gasteiger partial charge in [-0.3, -0.25) is 9.78 Å². The predicted octanol–water partition coefficient (Wildman–Crippen LogP) is 0.678. The van der Waals surface area contributed by atoms with E-state index in [9.17, 15) is 4.79 Å². The molecule has 0 radical (unpaired) electrons. The second kappa shape index (κ2) is 6.34. The molecule has 14 heavy (non-hydrogen) atoms. The molecule has 0 bridgehead atoms. The minimum Gasteiger partial charge on any atom is -0.469 e. The molecule has 0 atom stereocenters. The molecule has 0 amide bonds. The van der Waals surface area contributed by atoms with Crippen molar-refractivity contribution in [3.8, 4) is 0 Å². The van der Waals surface area contributed by atoms with Crippen LogP contribution in [0.1, 0.15) is 11.3 Å². The SMILES string of the molecule is COC(=O)Cc1ccc(CN)cn1.Cl. The number of hydrogen-bond acceptors (Lipinski definition) is 4. The van der Waals surface area contributed by atoms with E-state index in [-0.39, 0.29) is 24.8 Å². The Bertz CT molecular complexity index is 287. The Hall–Kier alpha value is -1.13. The van der Waals surface area contributed by atoms with Crippen molar-refractivity contribution in [2.45, 2.75) is 13.0 Å². The Balaban J connectivity index is 0.00000169. The van der Waals surface area contributed by atoms with Gasteiger partial charge in [0.2, 0.25) is 0 Å². The van der Waals surface area contributed by atoms with Gasteiger partial charge in [-0.05, 0) is 11.6 Å². The summed E-state index contributed by atoms with van der Waals surface area (Å²) in [7, 11) is 1.36. The second-order valence-electron chi connectivity index (χ2n) is 2.61. The van der Waals surface area contributed by atoms with Gasteiger partial charge in [-0.15, -0.1) is 12.4 Å². The maximum absolute atomic E-state index is 10.8. The number of carbonyl (C=O) groups excluding carboxylic acids is 1. The maximum atomic E-state index is 10.8. The summed E-state index contributed by atoms with van der Waals surface area (Å²) in [4.78, 5) is 14.9. The highest BCUT2D eigenvalue weighted by atomic mass is 35.5. The number of hydrogen-bond donors (Lipinski definition) is 1. The van der Waals surface area contributed by atoms with E-state index in [1.807, 2.05) is 6.07 Å². The Labute approximate surface area is 88.9 Å². The molecule has 0 aromatic carbocycles. The van der Waals surface area contributed by atoms with Gasteiger partial charge < -0.3 is 10.5 Å². The molecule has 0 aliphatic heterocycles. The zero-order valence-electron chi connectivity index (χ0n) is 7.90. The summed E-state index contributed by atoms with van der Waals surface area (Å²) in [5.74, 6) is -0.284. The van der Waals surface area contributed by atoms with E-state index in [1.54, 1.807) is 12.3 Å². The molecule has 2 N–H and O–H groups in total. The molecule has 1 rings (SSSR count). The summed E-state index contributed by atoms with van der Waals surface area (Å²) in [6.45, 7) is 0.464. The van der Waals surface area contributed by atoms with E-state index in [4.69, 9.17) is 5.73 Å². The molecule has 0 spiro atoms. The van der Waals surface area contributed by atoms with Gasteiger partial charge in [0, 0.05) is 12.7 Å². The van der Waals surface area contributed by atoms with E-state index in [0.717, 1.165) is 5.56 Å². The fourth-order valence-electron chi connectivity index (χ4n) is 0.900. The van der Waals surface area contributed by atoms with Crippen LogP contribution in [-0.4, -0.2) is 18.1 Å². The number of esters is 1. The minimum atomic E-state index is -0.284. The molecule has 1 heterocycles. The lowest BCUT2D eigenvalue weighted by Crippen LogP contribution is -2.06. The predicted molar refractivity (Wildman–Crippen MR) is 55.1 cm³/mol. The highest BCUT2D eigenvalue weighted by Gasteiger charge is 2.02. The van der Waals surface area contributed by atoms with E-state index in [1.165, 1.54) is 7.11 Å². The van der Waals surface area contributed by atoms with Gasteiger partial charge in [0.15, 0.2) is 0 Å². The van der Waals surface area contributed by atoms with Crippen molar-refractivity contribution in [3.63, 3.8) is 0 Å². The Kier molecular flexibility index (Phi) is 5.83. The summed E-state index contributed by atoms with van der Waals surface area (Å²) in [6.07, 6.45) is 1.87. The summed E-state index contributed by atoms with van der Waals surface area (Å²) < 4.78 is 4.51. The first-order chi connectivity index (χ1) is 6.26. The molecule has 1 aromatic rings. The molecule has 1 aromatic heterocycles. The molecule has 4 nitrogen and oxygen atoms in total. The lowest BCUT2D eigenvalue weighted by Gasteiger charge is -2.00. The number of halogens is 1. The number of aromatic nitrogens is 1. The van der Waals surface area contributed by atoms with Crippen LogP contribution in [0.3, 0.4) is 0 Å². The monoisotopic (exact) mass is 216 g/mol. The average molecular weight is 217 g/mol. The van der Waals surface area contributed by atoms with Gasteiger partial charge in [-0.1, -0.05) is 6.07 Å². The van der Waals surface area contributed by atoms with Crippen molar-refractivity contribution in [3.05, 3.63) is 29.6 Å². The first kappa shape index (κ1) is 12.9. The zero-order valence-corrected chi connectivity index (χ0v) is 8.71. The first-order valence-electron chi connectivity index (χ1n) is 3.97. The Morgan fingerprint density at radius 3 is 2.71 bits per heavy atom.